The van der Waals surface area contributed by atoms with Gasteiger partial charge in [-0.2, -0.15) is 5.26 Å². The van der Waals surface area contributed by atoms with E-state index >= 15 is 0 Å². The summed E-state index contributed by atoms with van der Waals surface area (Å²) in [5.41, 5.74) is 0.538. The van der Waals surface area contributed by atoms with Crippen molar-refractivity contribution in [1.82, 2.24) is 10.2 Å². The number of methoxy groups -OCH3 is 1. The molecule has 1 aromatic heterocycles. The number of rotatable bonds is 1. The molecule has 1 aromatic rings. The largest absolute Gasteiger partial charge is 0.480 e. The topological polar surface area (TPSA) is 58.8 Å². The normalized spacial score (nSPS) is 8.00. The molecule has 0 unspecified atom stereocenters. The predicted molar refractivity (Wildman–Crippen MR) is 45.7 cm³/mol. The van der Waals surface area contributed by atoms with Gasteiger partial charge in [-0.15, -0.1) is 10.2 Å². The second-order valence-corrected chi connectivity index (χ2v) is 2.10. The highest BCUT2D eigenvalue weighted by molar-refractivity contribution is 5.28. The van der Waals surface area contributed by atoms with E-state index in [1.54, 1.807) is 12.1 Å². The van der Waals surface area contributed by atoms with Crippen molar-refractivity contribution in [2.24, 2.45) is 0 Å². The Morgan fingerprint density at radius 3 is 2.85 bits per heavy atom. The lowest BCUT2D eigenvalue weighted by atomic mass is 10.3. The molecule has 0 saturated carbocycles. The molecule has 13 heavy (non-hydrogen) atoms. The van der Waals surface area contributed by atoms with Gasteiger partial charge in [-0.1, -0.05) is 5.92 Å². The van der Waals surface area contributed by atoms with E-state index < -0.39 is 0 Å². The van der Waals surface area contributed by atoms with Gasteiger partial charge in [0.05, 0.1) is 19.6 Å². The van der Waals surface area contributed by atoms with Gasteiger partial charge < -0.3 is 4.74 Å². The summed E-state index contributed by atoms with van der Waals surface area (Å²) in [5.74, 6) is 5.78. The number of nitrogens with zero attached hydrogens (tertiary/aromatic N) is 3. The SMILES string of the molecule is COc1ccc(C#CCC#N)nn1. The van der Waals surface area contributed by atoms with Crippen LogP contribution in [0, 0.1) is 23.2 Å². The van der Waals surface area contributed by atoms with E-state index in [0.717, 1.165) is 0 Å². The Hall–Kier alpha value is -2.07. The van der Waals surface area contributed by atoms with Crippen molar-refractivity contribution < 1.29 is 4.74 Å². The Labute approximate surface area is 76.2 Å². The minimum atomic E-state index is 0.202. The van der Waals surface area contributed by atoms with Crippen molar-refractivity contribution in [3.63, 3.8) is 0 Å². The lowest BCUT2D eigenvalue weighted by molar-refractivity contribution is 0.391. The summed E-state index contributed by atoms with van der Waals surface area (Å²) in [6.07, 6.45) is 0.202. The highest BCUT2D eigenvalue weighted by Gasteiger charge is 1.92. The fourth-order valence-electron chi connectivity index (χ4n) is 0.670. The van der Waals surface area contributed by atoms with Crippen molar-refractivity contribution in [2.45, 2.75) is 6.42 Å². The van der Waals surface area contributed by atoms with Crippen LogP contribution in [0.1, 0.15) is 12.1 Å². The van der Waals surface area contributed by atoms with E-state index in [1.165, 1.54) is 7.11 Å². The van der Waals surface area contributed by atoms with Crippen molar-refractivity contribution in [2.75, 3.05) is 7.11 Å². The third-order valence-corrected chi connectivity index (χ3v) is 1.23. The molecule has 0 spiro atoms. The number of aromatic nitrogens is 2. The molecule has 0 N–H and O–H groups in total. The molecule has 0 aliphatic heterocycles. The zero-order chi connectivity index (χ0) is 9.52. The summed E-state index contributed by atoms with van der Waals surface area (Å²) in [4.78, 5) is 0. The average Bonchev–Trinajstić information content (AvgIpc) is 2.19. The van der Waals surface area contributed by atoms with E-state index in [-0.39, 0.29) is 6.42 Å². The summed E-state index contributed by atoms with van der Waals surface area (Å²) in [7, 11) is 1.52. The maximum absolute atomic E-state index is 8.22. The molecule has 0 radical (unpaired) electrons. The first-order chi connectivity index (χ1) is 6.36. The smallest absolute Gasteiger partial charge is 0.233 e. The summed E-state index contributed by atoms with van der Waals surface area (Å²) < 4.78 is 4.82. The summed E-state index contributed by atoms with van der Waals surface area (Å²) in [6, 6.07) is 5.27. The molecule has 0 aromatic carbocycles. The van der Waals surface area contributed by atoms with E-state index in [4.69, 9.17) is 10.00 Å². The Morgan fingerprint density at radius 2 is 2.31 bits per heavy atom. The molecule has 1 rings (SSSR count). The fourth-order valence-corrected chi connectivity index (χ4v) is 0.670. The van der Waals surface area contributed by atoms with E-state index in [1.807, 2.05) is 6.07 Å². The molecular weight excluding hydrogens is 166 g/mol. The first-order valence-corrected chi connectivity index (χ1v) is 3.60. The van der Waals surface area contributed by atoms with Gasteiger partial charge >= 0.3 is 0 Å². The van der Waals surface area contributed by atoms with Crippen LogP contribution in [0.25, 0.3) is 0 Å². The quantitative estimate of drug-likeness (QED) is 0.588. The summed E-state index contributed by atoms with van der Waals surface area (Å²) in [6.45, 7) is 0. The molecule has 1 heterocycles. The van der Waals surface area contributed by atoms with Gasteiger partial charge in [0.15, 0.2) is 0 Å². The third kappa shape index (κ3) is 2.80. The van der Waals surface area contributed by atoms with E-state index in [9.17, 15) is 0 Å². The van der Waals surface area contributed by atoms with Gasteiger partial charge in [-0.3, -0.25) is 0 Å². The third-order valence-electron chi connectivity index (χ3n) is 1.23. The molecule has 0 aliphatic rings. The lowest BCUT2D eigenvalue weighted by Crippen LogP contribution is -1.91. The number of ether oxygens (including phenoxy) is 1. The maximum Gasteiger partial charge on any atom is 0.233 e. The Kier molecular flexibility index (Phi) is 3.29. The Balaban J connectivity index is 2.72. The van der Waals surface area contributed by atoms with Gasteiger partial charge in [0.25, 0.3) is 0 Å². The Bertz CT molecular complexity index is 367. The van der Waals surface area contributed by atoms with E-state index in [2.05, 4.69) is 22.0 Å². The van der Waals surface area contributed by atoms with Crippen molar-refractivity contribution >= 4 is 0 Å². The van der Waals surface area contributed by atoms with E-state index in [0.29, 0.717) is 11.6 Å². The number of nitriles is 1. The van der Waals surface area contributed by atoms with Crippen LogP contribution in [-0.4, -0.2) is 17.3 Å². The van der Waals surface area contributed by atoms with Gasteiger partial charge in [-0.25, -0.2) is 0 Å². The standard InChI is InChI=1S/C9H7N3O/c1-13-9-6-5-8(11-12-9)4-2-3-7-10/h5-6H,3H2,1H3. The van der Waals surface area contributed by atoms with Crippen LogP contribution in [0.15, 0.2) is 12.1 Å². The molecule has 0 atom stereocenters. The van der Waals surface area contributed by atoms with Gasteiger partial charge in [0, 0.05) is 6.07 Å². The Morgan fingerprint density at radius 1 is 1.46 bits per heavy atom. The first kappa shape index (κ1) is 9.02. The zero-order valence-electron chi connectivity index (χ0n) is 7.11. The molecule has 0 amide bonds. The minimum Gasteiger partial charge on any atom is -0.480 e. The molecule has 0 fully saturated rings. The summed E-state index contributed by atoms with van der Waals surface area (Å²) >= 11 is 0. The summed E-state index contributed by atoms with van der Waals surface area (Å²) in [5, 5.41) is 15.7. The molecule has 4 nitrogen and oxygen atoms in total. The molecule has 0 aliphatic carbocycles. The van der Waals surface area contributed by atoms with Crippen molar-refractivity contribution in [3.05, 3.63) is 17.8 Å². The molecule has 64 valence electrons. The monoisotopic (exact) mass is 173 g/mol. The highest BCUT2D eigenvalue weighted by atomic mass is 16.5. The van der Waals surface area contributed by atoms with Crippen LogP contribution >= 0.6 is 0 Å². The van der Waals surface area contributed by atoms with Crippen LogP contribution in [0.5, 0.6) is 5.88 Å². The highest BCUT2D eigenvalue weighted by Crippen LogP contribution is 2.01. The van der Waals surface area contributed by atoms with Crippen LogP contribution in [0.4, 0.5) is 0 Å². The van der Waals surface area contributed by atoms with Crippen LogP contribution in [-0.2, 0) is 0 Å². The van der Waals surface area contributed by atoms with Crippen molar-refractivity contribution in [3.8, 4) is 23.8 Å². The maximum atomic E-state index is 8.22. The second-order valence-electron chi connectivity index (χ2n) is 2.10. The first-order valence-electron chi connectivity index (χ1n) is 3.60. The number of hydrogen-bond donors (Lipinski definition) is 0. The molecular formula is C9H7N3O. The molecule has 0 saturated heterocycles. The van der Waals surface area contributed by atoms with Gasteiger partial charge in [-0.05, 0) is 12.0 Å². The van der Waals surface area contributed by atoms with Crippen LogP contribution < -0.4 is 4.74 Å². The van der Waals surface area contributed by atoms with Crippen molar-refractivity contribution in [1.29, 1.82) is 5.26 Å². The predicted octanol–water partition coefficient (Wildman–Crippen LogP) is 0.750. The molecule has 4 heteroatoms. The number of hydrogen-bond acceptors (Lipinski definition) is 4. The minimum absolute atomic E-state index is 0.202. The van der Waals surface area contributed by atoms with Gasteiger partial charge in [0.1, 0.15) is 5.69 Å². The second kappa shape index (κ2) is 4.74. The van der Waals surface area contributed by atoms with Crippen LogP contribution in [0.3, 0.4) is 0 Å². The zero-order valence-corrected chi connectivity index (χ0v) is 7.11. The fraction of sp³-hybridized carbons (Fsp3) is 0.222. The van der Waals surface area contributed by atoms with Gasteiger partial charge in [0.2, 0.25) is 5.88 Å². The molecule has 0 bridgehead atoms. The lowest BCUT2D eigenvalue weighted by Gasteiger charge is -1.94. The van der Waals surface area contributed by atoms with Crippen LogP contribution in [0.2, 0.25) is 0 Å². The average molecular weight is 173 g/mol.